The quantitative estimate of drug-likeness (QED) is 0.712. The van der Waals surface area contributed by atoms with Crippen molar-refractivity contribution in [3.05, 3.63) is 11.8 Å². The topological polar surface area (TPSA) is 20.3 Å². The molecule has 13 heavy (non-hydrogen) atoms. The van der Waals surface area contributed by atoms with Crippen molar-refractivity contribution in [3.63, 3.8) is 0 Å². The number of hydrogen-bond donors (Lipinski definition) is 0. The zero-order chi connectivity index (χ0) is 10.6. The Bertz CT molecular complexity index is 238. The number of amides is 1. The van der Waals surface area contributed by atoms with E-state index in [1.165, 1.54) is 28.8 Å². The summed E-state index contributed by atoms with van der Waals surface area (Å²) in [5.74, 6) is 0. The Kier molecular flexibility index (Phi) is 4.77. The van der Waals surface area contributed by atoms with E-state index in [0.717, 1.165) is 6.41 Å². The van der Waals surface area contributed by atoms with Gasteiger partial charge in [0, 0.05) is 0 Å². The molecule has 0 aromatic carbocycles. The number of rotatable bonds is 3. The summed E-state index contributed by atoms with van der Waals surface area (Å²) in [5, 5.41) is 0. The summed E-state index contributed by atoms with van der Waals surface area (Å²) in [6.07, 6.45) is 2.79. The molecule has 0 fully saturated rings. The van der Waals surface area contributed by atoms with Gasteiger partial charge in [-0.05, 0) is 0 Å². The van der Waals surface area contributed by atoms with Crippen LogP contribution in [-0.2, 0) is 24.1 Å². The van der Waals surface area contributed by atoms with E-state index in [9.17, 15) is 4.79 Å². The van der Waals surface area contributed by atoms with Crippen LogP contribution in [0.5, 0.6) is 0 Å². The van der Waals surface area contributed by atoms with Crippen molar-refractivity contribution >= 4 is 10.3 Å². The maximum absolute atomic E-state index is 10.8. The first-order valence-electron chi connectivity index (χ1n) is 4.22. The van der Waals surface area contributed by atoms with Crippen LogP contribution < -0.4 is 0 Å². The van der Waals surface area contributed by atoms with Gasteiger partial charge in [-0.25, -0.2) is 0 Å². The fraction of sp³-hybridized carbons (Fsp3) is 0.600. The zero-order valence-corrected chi connectivity index (χ0v) is 11.9. The van der Waals surface area contributed by atoms with E-state index in [0.29, 0.717) is 0 Å². The van der Waals surface area contributed by atoms with Crippen LogP contribution in [0.15, 0.2) is 11.8 Å². The summed E-state index contributed by atoms with van der Waals surface area (Å²) in [6, 6.07) is 0. The molecule has 3 heteroatoms. The molecule has 0 aromatic rings. The predicted molar refractivity (Wildman–Crippen MR) is 52.1 cm³/mol. The molecule has 74 valence electrons. The maximum atomic E-state index is 10.8. The van der Waals surface area contributed by atoms with Gasteiger partial charge in [-0.1, -0.05) is 0 Å². The Morgan fingerprint density at radius 1 is 1.31 bits per heavy atom. The molecule has 0 saturated carbocycles. The predicted octanol–water partition coefficient (Wildman–Crippen LogP) is 1.89. The van der Waals surface area contributed by atoms with Crippen LogP contribution in [0.25, 0.3) is 0 Å². The van der Waals surface area contributed by atoms with Gasteiger partial charge >= 0.3 is 91.3 Å². The molecular formula is C10H17NOW. The third-order valence-corrected chi connectivity index (χ3v) is 2.93. The average molecular weight is 351 g/mol. The normalized spacial score (nSPS) is 12.5. The Morgan fingerprint density at radius 2 is 1.77 bits per heavy atom. The Hall–Kier alpha value is -0.232. The molecule has 0 heterocycles. The van der Waals surface area contributed by atoms with Crippen LogP contribution in [0.2, 0.25) is 0 Å². The Labute approximate surface area is 91.4 Å². The summed E-state index contributed by atoms with van der Waals surface area (Å²) >= 11 is 1.45. The molecule has 0 bridgehead atoms. The van der Waals surface area contributed by atoms with E-state index in [1.807, 2.05) is 33.9 Å². The second-order valence-corrected chi connectivity index (χ2v) is 6.25. The van der Waals surface area contributed by atoms with Gasteiger partial charge in [0.1, 0.15) is 0 Å². The number of carbonyl (C=O) groups is 1. The minimum atomic E-state index is -0.131. The van der Waals surface area contributed by atoms with Gasteiger partial charge in [-0.2, -0.15) is 0 Å². The van der Waals surface area contributed by atoms with Gasteiger partial charge in [-0.15, -0.1) is 0 Å². The van der Waals surface area contributed by atoms with Gasteiger partial charge < -0.3 is 0 Å². The summed E-state index contributed by atoms with van der Waals surface area (Å²) < 4.78 is 1.32. The SMILES string of the molecule is C[C](=[W])/C(C)=C\N(C=O)C(C)(C)C. The van der Waals surface area contributed by atoms with Crippen LogP contribution in [-0.4, -0.2) is 20.7 Å². The molecule has 0 N–H and O–H groups in total. The van der Waals surface area contributed by atoms with Crippen LogP contribution in [0.4, 0.5) is 0 Å². The Morgan fingerprint density at radius 3 is 2.00 bits per heavy atom. The molecule has 0 unspecified atom stereocenters. The van der Waals surface area contributed by atoms with E-state index in [4.69, 9.17) is 0 Å². The molecule has 1 amide bonds. The minimum absolute atomic E-state index is 0.131. The number of hydrogen-bond acceptors (Lipinski definition) is 1. The monoisotopic (exact) mass is 351 g/mol. The third kappa shape index (κ3) is 4.52. The average Bonchev–Trinajstić information content (AvgIpc) is 1.96. The van der Waals surface area contributed by atoms with Crippen LogP contribution in [0.1, 0.15) is 34.6 Å². The van der Waals surface area contributed by atoms with E-state index >= 15 is 0 Å². The van der Waals surface area contributed by atoms with E-state index in [-0.39, 0.29) is 5.54 Å². The van der Waals surface area contributed by atoms with Crippen molar-refractivity contribution in [1.29, 1.82) is 0 Å². The van der Waals surface area contributed by atoms with Crippen LogP contribution in [0.3, 0.4) is 0 Å². The van der Waals surface area contributed by atoms with Crippen molar-refractivity contribution in [2.75, 3.05) is 0 Å². The summed E-state index contributed by atoms with van der Waals surface area (Å²) in [7, 11) is 0. The van der Waals surface area contributed by atoms with Gasteiger partial charge in [0.25, 0.3) is 0 Å². The first-order chi connectivity index (χ1) is 5.79. The molecule has 0 saturated heterocycles. The van der Waals surface area contributed by atoms with Crippen molar-refractivity contribution in [1.82, 2.24) is 4.90 Å². The molecule has 0 atom stereocenters. The van der Waals surface area contributed by atoms with E-state index < -0.39 is 0 Å². The van der Waals surface area contributed by atoms with Gasteiger partial charge in [-0.3, -0.25) is 0 Å². The third-order valence-electron chi connectivity index (χ3n) is 1.78. The second kappa shape index (κ2) is 4.85. The van der Waals surface area contributed by atoms with Crippen molar-refractivity contribution in [2.45, 2.75) is 40.2 Å². The Balaban J connectivity index is 4.74. The van der Waals surface area contributed by atoms with Crippen LogP contribution >= 0.6 is 0 Å². The second-order valence-electron chi connectivity index (χ2n) is 4.05. The van der Waals surface area contributed by atoms with Gasteiger partial charge in [0.15, 0.2) is 0 Å². The molecule has 0 aliphatic carbocycles. The molecule has 2 nitrogen and oxygen atoms in total. The fourth-order valence-electron chi connectivity index (χ4n) is 0.682. The van der Waals surface area contributed by atoms with Gasteiger partial charge in [0.2, 0.25) is 0 Å². The fourth-order valence-corrected chi connectivity index (χ4v) is 0.871. The van der Waals surface area contributed by atoms with Crippen molar-refractivity contribution in [3.8, 4) is 0 Å². The number of nitrogens with zero attached hydrogens (tertiary/aromatic N) is 1. The molecule has 0 aliphatic heterocycles. The van der Waals surface area contributed by atoms with Crippen molar-refractivity contribution < 1.29 is 24.1 Å². The summed E-state index contributed by atoms with van der Waals surface area (Å²) in [4.78, 5) is 12.5. The zero-order valence-electron chi connectivity index (χ0n) is 8.92. The molecular weight excluding hydrogens is 334 g/mol. The molecule has 0 spiro atoms. The summed E-state index contributed by atoms with van der Waals surface area (Å²) in [5.41, 5.74) is 1.05. The number of carbonyl (C=O) groups excluding carboxylic acids is 1. The molecule has 0 aromatic heterocycles. The molecule has 0 rings (SSSR count). The van der Waals surface area contributed by atoms with Crippen LogP contribution in [0, 0.1) is 0 Å². The van der Waals surface area contributed by atoms with E-state index in [1.54, 1.807) is 4.90 Å². The standard InChI is InChI=1S/C10H17NO.W/c1-6-9(2)7-11(8-12)10(3,4)5;/h7-8H,1-5H3;/b9-7-;. The number of allylic oxidation sites excluding steroid dienone is 1. The van der Waals surface area contributed by atoms with Crippen molar-refractivity contribution in [2.24, 2.45) is 0 Å². The molecule has 0 aliphatic rings. The first-order valence-corrected chi connectivity index (χ1v) is 5.69. The van der Waals surface area contributed by atoms with Gasteiger partial charge in [0.05, 0.1) is 0 Å². The van der Waals surface area contributed by atoms with E-state index in [2.05, 4.69) is 6.92 Å². The summed E-state index contributed by atoms with van der Waals surface area (Å²) in [6.45, 7) is 10.2. The molecule has 0 radical (unpaired) electrons. The first kappa shape index (κ1) is 12.8.